The van der Waals surface area contributed by atoms with E-state index in [1.165, 1.54) is 12.8 Å². The van der Waals surface area contributed by atoms with Crippen molar-refractivity contribution in [2.24, 2.45) is 0 Å². The van der Waals surface area contributed by atoms with Crippen LogP contribution in [0.4, 0.5) is 4.79 Å². The largest absolute Gasteiger partial charge is 0.441 e. The highest BCUT2D eigenvalue weighted by Crippen LogP contribution is 2.33. The molecule has 0 aromatic carbocycles. The lowest BCUT2D eigenvalue weighted by Crippen LogP contribution is -2.54. The second-order valence-electron chi connectivity index (χ2n) is 7.97. The third-order valence-corrected chi connectivity index (χ3v) is 5.83. The highest BCUT2D eigenvalue weighted by Gasteiger charge is 2.47. The van der Waals surface area contributed by atoms with Crippen LogP contribution in [0.1, 0.15) is 45.4 Å². The summed E-state index contributed by atoms with van der Waals surface area (Å²) in [5.41, 5.74) is -0.427. The van der Waals surface area contributed by atoms with Crippen LogP contribution in [-0.4, -0.2) is 90.6 Å². The van der Waals surface area contributed by atoms with Crippen molar-refractivity contribution >= 4 is 17.9 Å². The number of likely N-dealkylation sites (tertiary alicyclic amines) is 1. The van der Waals surface area contributed by atoms with Crippen molar-refractivity contribution in [3.8, 4) is 0 Å². The van der Waals surface area contributed by atoms with Crippen molar-refractivity contribution in [1.82, 2.24) is 20.0 Å². The van der Waals surface area contributed by atoms with Crippen molar-refractivity contribution in [2.75, 3.05) is 52.4 Å². The molecule has 152 valence electrons. The molecule has 3 saturated heterocycles. The van der Waals surface area contributed by atoms with Crippen molar-refractivity contribution in [2.45, 2.75) is 51.0 Å². The number of nitrogens with one attached hydrogen (secondary N) is 1. The van der Waals surface area contributed by atoms with E-state index in [0.29, 0.717) is 45.6 Å². The summed E-state index contributed by atoms with van der Waals surface area (Å²) < 4.78 is 5.74. The van der Waals surface area contributed by atoms with Gasteiger partial charge < -0.3 is 19.9 Å². The molecule has 8 nitrogen and oxygen atoms in total. The Bertz CT molecular complexity index is 560. The molecule has 0 atom stereocenters. The van der Waals surface area contributed by atoms with Crippen LogP contribution < -0.4 is 5.32 Å². The maximum Gasteiger partial charge on any atom is 0.410 e. The zero-order valence-corrected chi connectivity index (χ0v) is 16.4. The van der Waals surface area contributed by atoms with E-state index in [0.717, 1.165) is 19.4 Å². The number of hydrogen-bond acceptors (Lipinski definition) is 5. The molecule has 0 aliphatic carbocycles. The van der Waals surface area contributed by atoms with Crippen LogP contribution in [0, 0.1) is 0 Å². The van der Waals surface area contributed by atoms with Crippen LogP contribution in [0.5, 0.6) is 0 Å². The Kier molecular flexibility index (Phi) is 6.57. The lowest BCUT2D eigenvalue weighted by Gasteiger charge is -2.38. The highest BCUT2D eigenvalue weighted by molar-refractivity contribution is 5.82. The van der Waals surface area contributed by atoms with Gasteiger partial charge in [-0.25, -0.2) is 4.79 Å². The van der Waals surface area contributed by atoms with Gasteiger partial charge in [0.05, 0.1) is 19.6 Å². The quantitative estimate of drug-likeness (QED) is 0.661. The fourth-order valence-electron chi connectivity index (χ4n) is 4.14. The molecule has 3 amide bonds. The minimum atomic E-state index is -0.427. The van der Waals surface area contributed by atoms with E-state index < -0.39 is 5.60 Å². The van der Waals surface area contributed by atoms with Crippen LogP contribution >= 0.6 is 0 Å². The number of nitrogens with zero attached hydrogens (tertiary/aromatic N) is 3. The topological polar surface area (TPSA) is 82.2 Å². The van der Waals surface area contributed by atoms with E-state index in [2.05, 4.69) is 12.2 Å². The van der Waals surface area contributed by atoms with Gasteiger partial charge in [0.25, 0.3) is 0 Å². The first kappa shape index (κ1) is 19.9. The molecule has 27 heavy (non-hydrogen) atoms. The van der Waals surface area contributed by atoms with E-state index in [1.54, 1.807) is 0 Å². The Morgan fingerprint density at radius 2 is 1.93 bits per heavy atom. The summed E-state index contributed by atoms with van der Waals surface area (Å²) in [4.78, 5) is 41.7. The molecule has 1 spiro atoms. The molecule has 0 saturated carbocycles. The predicted octanol–water partition coefficient (Wildman–Crippen LogP) is 0.812. The number of unbranched alkanes of at least 4 members (excludes halogenated alkanes) is 3. The molecule has 0 bridgehead atoms. The smallest absolute Gasteiger partial charge is 0.410 e. The zero-order valence-electron chi connectivity index (χ0n) is 16.4. The zero-order chi connectivity index (χ0) is 19.3. The number of ether oxygens (including phenoxy) is 1. The Balaban J connectivity index is 1.43. The summed E-state index contributed by atoms with van der Waals surface area (Å²) in [6, 6.07) is 0. The Labute approximate surface area is 161 Å². The number of piperidine rings is 1. The molecule has 3 aliphatic rings. The highest BCUT2D eigenvalue weighted by atomic mass is 16.6. The number of rotatable bonds is 7. The fourth-order valence-corrected chi connectivity index (χ4v) is 4.14. The van der Waals surface area contributed by atoms with Gasteiger partial charge in [-0.2, -0.15) is 0 Å². The minimum Gasteiger partial charge on any atom is -0.441 e. The second kappa shape index (κ2) is 8.91. The number of piperazine rings is 1. The lowest BCUT2D eigenvalue weighted by atomic mass is 9.91. The number of carbonyl (C=O) groups excluding carboxylic acids is 3. The number of hydrogen-bond donors (Lipinski definition) is 1. The van der Waals surface area contributed by atoms with E-state index in [-0.39, 0.29) is 31.0 Å². The first-order valence-corrected chi connectivity index (χ1v) is 10.3. The van der Waals surface area contributed by atoms with Crippen molar-refractivity contribution in [3.05, 3.63) is 0 Å². The van der Waals surface area contributed by atoms with Gasteiger partial charge in [-0.3, -0.25) is 14.5 Å². The van der Waals surface area contributed by atoms with Gasteiger partial charge in [0, 0.05) is 45.6 Å². The van der Waals surface area contributed by atoms with Crippen molar-refractivity contribution in [3.63, 3.8) is 0 Å². The number of amides is 3. The first-order valence-electron chi connectivity index (χ1n) is 10.3. The third-order valence-electron chi connectivity index (χ3n) is 5.83. The van der Waals surface area contributed by atoms with Crippen LogP contribution in [0.2, 0.25) is 0 Å². The average molecular weight is 380 g/mol. The normalized spacial score (nSPS) is 22.9. The van der Waals surface area contributed by atoms with Gasteiger partial charge in [0.1, 0.15) is 5.60 Å². The van der Waals surface area contributed by atoms with E-state index in [1.807, 2.05) is 14.7 Å². The summed E-state index contributed by atoms with van der Waals surface area (Å²) in [7, 11) is 0. The second-order valence-corrected chi connectivity index (χ2v) is 7.97. The third kappa shape index (κ3) is 5.12. The summed E-state index contributed by atoms with van der Waals surface area (Å²) in [6.07, 6.45) is 5.72. The minimum absolute atomic E-state index is 0.0245. The molecule has 3 fully saturated rings. The molecular weight excluding hydrogens is 348 g/mol. The summed E-state index contributed by atoms with van der Waals surface area (Å²) in [5.74, 6) is 0.0313. The van der Waals surface area contributed by atoms with Gasteiger partial charge in [-0.15, -0.1) is 0 Å². The molecule has 3 heterocycles. The van der Waals surface area contributed by atoms with Crippen LogP contribution in [0.25, 0.3) is 0 Å². The predicted molar refractivity (Wildman–Crippen MR) is 100 cm³/mol. The van der Waals surface area contributed by atoms with Gasteiger partial charge >= 0.3 is 6.09 Å². The molecule has 1 N–H and O–H groups in total. The molecule has 0 unspecified atom stereocenters. The molecule has 8 heteroatoms. The standard InChI is InChI=1S/C19H32N4O4/c1-2-3-4-5-9-23-15-19(27-18(23)26)6-10-22(11-7-19)17(25)14-21-12-8-20-16(24)13-21/h2-15H2,1H3,(H,20,24). The number of carbonyl (C=O) groups is 3. The molecule has 0 radical (unpaired) electrons. The van der Waals surface area contributed by atoms with Crippen LogP contribution in [0.15, 0.2) is 0 Å². The monoisotopic (exact) mass is 380 g/mol. The molecule has 3 rings (SSSR count). The maximum atomic E-state index is 12.5. The van der Waals surface area contributed by atoms with Crippen LogP contribution in [0.3, 0.4) is 0 Å². The van der Waals surface area contributed by atoms with Crippen LogP contribution in [-0.2, 0) is 14.3 Å². The molecule has 3 aliphatic heterocycles. The SMILES string of the molecule is CCCCCCN1CC2(CCN(C(=O)CN3CCNC(=O)C3)CC2)OC1=O. The van der Waals surface area contributed by atoms with Gasteiger partial charge in [-0.1, -0.05) is 26.2 Å². The Morgan fingerprint density at radius 1 is 1.15 bits per heavy atom. The van der Waals surface area contributed by atoms with E-state index >= 15 is 0 Å². The van der Waals surface area contributed by atoms with Gasteiger partial charge in [-0.05, 0) is 6.42 Å². The van der Waals surface area contributed by atoms with Gasteiger partial charge in [0.2, 0.25) is 11.8 Å². The fraction of sp³-hybridized carbons (Fsp3) is 0.842. The summed E-state index contributed by atoms with van der Waals surface area (Å²) in [5, 5.41) is 2.77. The van der Waals surface area contributed by atoms with Crippen molar-refractivity contribution < 1.29 is 19.1 Å². The molecule has 0 aromatic rings. The lowest BCUT2D eigenvalue weighted by molar-refractivity contribution is -0.136. The molecule has 0 aromatic heterocycles. The van der Waals surface area contributed by atoms with E-state index in [9.17, 15) is 14.4 Å². The average Bonchev–Trinajstić information content (AvgIpc) is 2.94. The molecular formula is C19H32N4O4. The maximum absolute atomic E-state index is 12.5. The van der Waals surface area contributed by atoms with E-state index in [4.69, 9.17) is 4.74 Å². The Morgan fingerprint density at radius 3 is 2.63 bits per heavy atom. The summed E-state index contributed by atoms with van der Waals surface area (Å²) in [6.45, 7) is 6.67. The first-order chi connectivity index (χ1) is 13.0. The van der Waals surface area contributed by atoms with Crippen molar-refractivity contribution in [1.29, 1.82) is 0 Å². The Hall–Kier alpha value is -1.83. The summed E-state index contributed by atoms with van der Waals surface area (Å²) >= 11 is 0. The van der Waals surface area contributed by atoms with Gasteiger partial charge in [0.15, 0.2) is 0 Å².